The lowest BCUT2D eigenvalue weighted by atomic mass is 10.1. The normalized spacial score (nSPS) is 13.7. The van der Waals surface area contributed by atoms with E-state index in [4.69, 9.17) is 15.2 Å². The maximum Gasteiger partial charge on any atom is 0.250 e. The van der Waals surface area contributed by atoms with E-state index < -0.39 is 11.9 Å². The van der Waals surface area contributed by atoms with Gasteiger partial charge in [0.05, 0.1) is 13.2 Å². The van der Waals surface area contributed by atoms with Crippen LogP contribution in [-0.2, 0) is 9.53 Å². The van der Waals surface area contributed by atoms with Crippen molar-refractivity contribution in [1.29, 1.82) is 0 Å². The van der Waals surface area contributed by atoms with Gasteiger partial charge in [0.25, 0.3) is 5.91 Å². The van der Waals surface area contributed by atoms with Crippen LogP contribution in [0.4, 0.5) is 4.39 Å². The van der Waals surface area contributed by atoms with Crippen LogP contribution >= 0.6 is 0 Å². The van der Waals surface area contributed by atoms with E-state index >= 15 is 0 Å². The van der Waals surface area contributed by atoms with Gasteiger partial charge < -0.3 is 20.5 Å². The van der Waals surface area contributed by atoms with E-state index in [1.54, 1.807) is 13.0 Å². The molecule has 0 saturated carbocycles. The fraction of sp³-hybridized carbons (Fsp3) is 0.462. The van der Waals surface area contributed by atoms with Crippen molar-refractivity contribution in [2.45, 2.75) is 19.1 Å². The number of halogens is 1. The van der Waals surface area contributed by atoms with Crippen molar-refractivity contribution in [3.8, 4) is 5.75 Å². The smallest absolute Gasteiger partial charge is 0.250 e. The fourth-order valence-corrected chi connectivity index (χ4v) is 1.65. The van der Waals surface area contributed by atoms with E-state index in [1.807, 2.05) is 0 Å². The van der Waals surface area contributed by atoms with Crippen LogP contribution in [0, 0.1) is 5.82 Å². The molecular formula is C13H19FN2O3. The Kier molecular flexibility index (Phi) is 5.72. The number of ether oxygens (including phenoxy) is 2. The molecule has 0 aliphatic carbocycles. The first kappa shape index (κ1) is 15.4. The van der Waals surface area contributed by atoms with E-state index in [0.717, 1.165) is 0 Å². The van der Waals surface area contributed by atoms with E-state index in [-0.39, 0.29) is 24.2 Å². The van der Waals surface area contributed by atoms with Gasteiger partial charge in [0.2, 0.25) is 0 Å². The Morgan fingerprint density at radius 2 is 2.16 bits per heavy atom. The molecule has 0 aliphatic rings. The number of hydrogen-bond acceptors (Lipinski definition) is 4. The topological polar surface area (TPSA) is 73.6 Å². The van der Waals surface area contributed by atoms with Crippen LogP contribution in [0.5, 0.6) is 5.75 Å². The minimum absolute atomic E-state index is 0.0893. The second kappa shape index (κ2) is 7.06. The van der Waals surface area contributed by atoms with Gasteiger partial charge in [0.1, 0.15) is 6.10 Å². The largest absolute Gasteiger partial charge is 0.494 e. The number of hydrogen-bond donors (Lipinski definition) is 2. The van der Waals surface area contributed by atoms with Gasteiger partial charge in [-0.15, -0.1) is 0 Å². The Morgan fingerprint density at radius 1 is 1.47 bits per heavy atom. The second-order valence-corrected chi connectivity index (χ2v) is 4.08. The van der Waals surface area contributed by atoms with Gasteiger partial charge in [0, 0.05) is 13.7 Å². The van der Waals surface area contributed by atoms with Crippen LogP contribution in [0.15, 0.2) is 18.2 Å². The van der Waals surface area contributed by atoms with E-state index in [0.29, 0.717) is 5.56 Å². The van der Waals surface area contributed by atoms with E-state index in [9.17, 15) is 9.18 Å². The number of carbonyl (C=O) groups excluding carboxylic acids is 1. The SMILES string of the molecule is COc1ccc(C(C)NC(=O)C(CN)OC)cc1F. The number of nitrogens with one attached hydrogen (secondary N) is 1. The molecule has 19 heavy (non-hydrogen) atoms. The van der Waals surface area contributed by atoms with Gasteiger partial charge >= 0.3 is 0 Å². The molecule has 0 radical (unpaired) electrons. The summed E-state index contributed by atoms with van der Waals surface area (Å²) in [6.45, 7) is 1.84. The molecule has 0 spiro atoms. The van der Waals surface area contributed by atoms with Gasteiger partial charge in [0.15, 0.2) is 11.6 Å². The first-order valence-electron chi connectivity index (χ1n) is 5.90. The summed E-state index contributed by atoms with van der Waals surface area (Å²) in [5.74, 6) is -0.629. The van der Waals surface area contributed by atoms with E-state index in [2.05, 4.69) is 5.32 Å². The number of rotatable bonds is 6. The van der Waals surface area contributed by atoms with Crippen molar-refractivity contribution < 1.29 is 18.7 Å². The summed E-state index contributed by atoms with van der Waals surface area (Å²) < 4.78 is 23.3. The summed E-state index contributed by atoms with van der Waals surface area (Å²) >= 11 is 0. The van der Waals surface area contributed by atoms with Crippen LogP contribution in [0.25, 0.3) is 0 Å². The quantitative estimate of drug-likeness (QED) is 0.808. The Hall–Kier alpha value is -1.66. The third kappa shape index (κ3) is 3.90. The summed E-state index contributed by atoms with van der Waals surface area (Å²) in [7, 11) is 2.81. The molecule has 2 unspecified atom stereocenters. The molecule has 1 aromatic carbocycles. The van der Waals surface area contributed by atoms with Crippen LogP contribution in [0.1, 0.15) is 18.5 Å². The standard InChI is InChI=1S/C13H19FN2O3/c1-8(16-13(17)12(7-15)19-3)9-4-5-11(18-2)10(14)6-9/h4-6,8,12H,7,15H2,1-3H3,(H,16,17). The van der Waals surface area contributed by atoms with Crippen LogP contribution in [-0.4, -0.2) is 32.8 Å². The molecular weight excluding hydrogens is 251 g/mol. The molecule has 0 aliphatic heterocycles. The minimum atomic E-state index is -0.703. The average Bonchev–Trinajstić information content (AvgIpc) is 2.39. The highest BCUT2D eigenvalue weighted by atomic mass is 19.1. The molecule has 0 heterocycles. The number of methoxy groups -OCH3 is 2. The van der Waals surface area contributed by atoms with Gasteiger partial charge in [-0.3, -0.25) is 4.79 Å². The highest BCUT2D eigenvalue weighted by Crippen LogP contribution is 2.21. The molecule has 106 valence electrons. The predicted octanol–water partition coefficient (Wildman–Crippen LogP) is 0.985. The van der Waals surface area contributed by atoms with Crippen LogP contribution in [0.2, 0.25) is 0 Å². The minimum Gasteiger partial charge on any atom is -0.494 e. The van der Waals surface area contributed by atoms with Crippen LogP contribution < -0.4 is 15.8 Å². The Bertz CT molecular complexity index is 436. The van der Waals surface area contributed by atoms with Gasteiger partial charge in [-0.2, -0.15) is 0 Å². The maximum atomic E-state index is 13.6. The molecule has 1 aromatic rings. The van der Waals surface area contributed by atoms with Gasteiger partial charge in [-0.1, -0.05) is 6.07 Å². The fourth-order valence-electron chi connectivity index (χ4n) is 1.65. The Balaban J connectivity index is 2.75. The third-order valence-corrected chi connectivity index (χ3v) is 2.83. The summed E-state index contributed by atoms with van der Waals surface area (Å²) in [6, 6.07) is 4.19. The van der Waals surface area contributed by atoms with Crippen molar-refractivity contribution in [2.75, 3.05) is 20.8 Å². The monoisotopic (exact) mass is 270 g/mol. The van der Waals surface area contributed by atoms with Crippen molar-refractivity contribution >= 4 is 5.91 Å². The molecule has 5 nitrogen and oxygen atoms in total. The number of nitrogens with two attached hydrogens (primary N) is 1. The summed E-state index contributed by atoms with van der Waals surface area (Å²) in [5, 5.41) is 2.71. The van der Waals surface area contributed by atoms with Crippen molar-refractivity contribution in [2.24, 2.45) is 5.73 Å². The van der Waals surface area contributed by atoms with Crippen molar-refractivity contribution in [3.05, 3.63) is 29.6 Å². The van der Waals surface area contributed by atoms with Crippen molar-refractivity contribution in [1.82, 2.24) is 5.32 Å². The van der Waals surface area contributed by atoms with Gasteiger partial charge in [-0.25, -0.2) is 4.39 Å². The molecule has 3 N–H and O–H groups in total. The number of benzene rings is 1. The highest BCUT2D eigenvalue weighted by Gasteiger charge is 2.19. The van der Waals surface area contributed by atoms with Gasteiger partial charge in [-0.05, 0) is 24.6 Å². The maximum absolute atomic E-state index is 13.6. The average molecular weight is 270 g/mol. The zero-order valence-corrected chi connectivity index (χ0v) is 11.3. The van der Waals surface area contributed by atoms with Crippen molar-refractivity contribution in [3.63, 3.8) is 0 Å². The lowest BCUT2D eigenvalue weighted by Crippen LogP contribution is -2.41. The molecule has 2 atom stereocenters. The first-order chi connectivity index (χ1) is 9.03. The highest BCUT2D eigenvalue weighted by molar-refractivity contribution is 5.81. The summed E-state index contributed by atoms with van der Waals surface area (Å²) in [6.07, 6.45) is -0.703. The zero-order valence-electron chi connectivity index (χ0n) is 11.3. The molecule has 0 aromatic heterocycles. The molecule has 1 amide bonds. The summed E-state index contributed by atoms with van der Waals surface area (Å²) in [5.41, 5.74) is 6.04. The Labute approximate surface area is 111 Å². The molecule has 0 saturated heterocycles. The van der Waals surface area contributed by atoms with E-state index in [1.165, 1.54) is 26.4 Å². The molecule has 0 bridgehead atoms. The lowest BCUT2D eigenvalue weighted by molar-refractivity contribution is -0.131. The zero-order chi connectivity index (χ0) is 14.4. The molecule has 6 heteroatoms. The first-order valence-corrected chi connectivity index (χ1v) is 5.90. The molecule has 1 rings (SSSR count). The summed E-state index contributed by atoms with van der Waals surface area (Å²) in [4.78, 5) is 11.8. The second-order valence-electron chi connectivity index (χ2n) is 4.08. The lowest BCUT2D eigenvalue weighted by Gasteiger charge is -2.19. The Morgan fingerprint density at radius 3 is 2.63 bits per heavy atom. The van der Waals surface area contributed by atoms with Crippen LogP contribution in [0.3, 0.4) is 0 Å². The predicted molar refractivity (Wildman–Crippen MR) is 69.4 cm³/mol. The third-order valence-electron chi connectivity index (χ3n) is 2.83. The molecule has 0 fully saturated rings. The number of carbonyl (C=O) groups is 1. The number of amides is 1.